The van der Waals surface area contributed by atoms with Gasteiger partial charge < -0.3 is 19.9 Å². The Morgan fingerprint density at radius 2 is 2.12 bits per heavy atom. The summed E-state index contributed by atoms with van der Waals surface area (Å²) in [5, 5.41) is 24.0. The summed E-state index contributed by atoms with van der Waals surface area (Å²) in [6.45, 7) is -0.327. The van der Waals surface area contributed by atoms with Gasteiger partial charge in [0.15, 0.2) is 5.65 Å². The highest BCUT2D eigenvalue weighted by Gasteiger charge is 2.24. The Balaban J connectivity index is 1.53. The number of H-pyrrole nitrogens is 1. The molecular weight excluding hydrogens is 438 g/mol. The maximum atomic E-state index is 12.8. The van der Waals surface area contributed by atoms with Gasteiger partial charge in [0.2, 0.25) is 0 Å². The molecule has 0 saturated carbocycles. The second kappa shape index (κ2) is 8.37. The van der Waals surface area contributed by atoms with Crippen LogP contribution in [0.3, 0.4) is 0 Å². The largest absolute Gasteiger partial charge is 0.478 e. The lowest BCUT2D eigenvalue weighted by atomic mass is 10.1. The molecule has 5 rings (SSSR count). The molecule has 1 aromatic carbocycles. The number of benzene rings is 1. The number of ether oxygens (including phenoxy) is 1. The van der Waals surface area contributed by atoms with Crippen molar-refractivity contribution in [3.05, 3.63) is 36.2 Å². The van der Waals surface area contributed by atoms with Crippen molar-refractivity contribution in [2.24, 2.45) is 0 Å². The average Bonchev–Trinajstić information content (AvgIpc) is 3.33. The number of aromatic carboxylic acids is 1. The van der Waals surface area contributed by atoms with E-state index >= 15 is 0 Å². The fourth-order valence-electron chi connectivity index (χ4n) is 4.03. The van der Waals surface area contributed by atoms with Crippen molar-refractivity contribution in [1.29, 1.82) is 0 Å². The number of likely N-dealkylation sites (tertiary alicyclic amines) is 1. The zero-order chi connectivity index (χ0) is 23.1. The van der Waals surface area contributed by atoms with Gasteiger partial charge in [-0.05, 0) is 24.6 Å². The number of carboxylic acids is 1. The van der Waals surface area contributed by atoms with Crippen LogP contribution in [0, 0.1) is 0 Å². The summed E-state index contributed by atoms with van der Waals surface area (Å²) in [5.74, 6) is -1.17. The highest BCUT2D eigenvalue weighted by Crippen LogP contribution is 2.31. The van der Waals surface area contributed by atoms with Crippen LogP contribution in [0.15, 0.2) is 30.6 Å². The zero-order valence-corrected chi connectivity index (χ0v) is 17.3. The number of hydrogen-bond acceptors (Lipinski definition) is 7. The minimum atomic E-state index is -2.97. The monoisotopic (exact) mass is 458 g/mol. The number of nitrogens with one attached hydrogen (secondary N) is 1. The Kier molecular flexibility index (Phi) is 5.38. The van der Waals surface area contributed by atoms with Gasteiger partial charge in [0, 0.05) is 37.8 Å². The smallest absolute Gasteiger partial charge is 0.387 e. The Labute approximate surface area is 185 Å². The molecule has 1 saturated heterocycles. The van der Waals surface area contributed by atoms with Crippen LogP contribution in [-0.4, -0.2) is 78.2 Å². The number of fused-ring (bicyclic) bond motifs is 2. The molecule has 4 heterocycles. The van der Waals surface area contributed by atoms with Crippen molar-refractivity contribution in [1.82, 2.24) is 29.6 Å². The zero-order valence-electron chi connectivity index (χ0n) is 17.3. The summed E-state index contributed by atoms with van der Waals surface area (Å²) < 4.78 is 31.9. The van der Waals surface area contributed by atoms with E-state index < -0.39 is 12.6 Å². The quantitative estimate of drug-likeness (QED) is 0.367. The molecule has 4 aromatic rings. The number of alkyl halides is 2. The molecule has 33 heavy (non-hydrogen) atoms. The number of aromatic nitrogens is 5. The van der Waals surface area contributed by atoms with Crippen LogP contribution in [0.5, 0.6) is 5.75 Å². The molecule has 0 amide bonds. The summed E-state index contributed by atoms with van der Waals surface area (Å²) in [6.07, 6.45) is 3.27. The molecule has 1 fully saturated rings. The molecular formula is C21H20F2N6O4. The van der Waals surface area contributed by atoms with Gasteiger partial charge in [-0.2, -0.15) is 13.9 Å². The van der Waals surface area contributed by atoms with Crippen molar-refractivity contribution < 1.29 is 28.5 Å². The lowest BCUT2D eigenvalue weighted by Gasteiger charge is -2.35. The van der Waals surface area contributed by atoms with Crippen LogP contribution < -0.4 is 4.74 Å². The molecule has 12 heteroatoms. The lowest BCUT2D eigenvalue weighted by Crippen LogP contribution is -2.50. The number of carbonyl (C=O) groups is 1. The number of hydrogen-bond donors (Lipinski definition) is 3. The fraction of sp³-hybridized carbons (Fsp3) is 0.333. The third-order valence-corrected chi connectivity index (χ3v) is 5.58. The normalized spacial score (nSPS) is 14.9. The van der Waals surface area contributed by atoms with E-state index in [2.05, 4.69) is 29.7 Å². The van der Waals surface area contributed by atoms with Crippen LogP contribution >= 0.6 is 0 Å². The molecule has 1 aliphatic rings. The van der Waals surface area contributed by atoms with Gasteiger partial charge in [0.05, 0.1) is 17.8 Å². The predicted octanol–water partition coefficient (Wildman–Crippen LogP) is 2.34. The van der Waals surface area contributed by atoms with E-state index in [9.17, 15) is 23.8 Å². The van der Waals surface area contributed by atoms with Crippen LogP contribution in [0.2, 0.25) is 0 Å². The Morgan fingerprint density at radius 1 is 1.30 bits per heavy atom. The summed E-state index contributed by atoms with van der Waals surface area (Å²) in [7, 11) is 0. The standard InChI is InChI=1S/C21H20F2N6O4/c22-21(23)33-12-2-3-16-13(6-12)17(27-29(16)5-1-4-28-9-11(30)10-28)15-8-25-19-18(26-15)14(7-24-19)20(31)32/h2-3,6-8,11,21,30H,1,4-5,9-10H2,(H,24,25)(H,31,32). The number of aryl methyl sites for hydroxylation is 1. The van der Waals surface area contributed by atoms with E-state index in [0.29, 0.717) is 47.6 Å². The first-order chi connectivity index (χ1) is 15.9. The molecule has 1 aliphatic heterocycles. The Hall–Kier alpha value is -3.64. The van der Waals surface area contributed by atoms with Gasteiger partial charge in [-0.25, -0.2) is 14.8 Å². The highest BCUT2D eigenvalue weighted by molar-refractivity contribution is 6.01. The van der Waals surface area contributed by atoms with E-state index in [1.54, 1.807) is 10.7 Å². The average molecular weight is 458 g/mol. The lowest BCUT2D eigenvalue weighted by molar-refractivity contribution is -0.0497. The maximum absolute atomic E-state index is 12.8. The number of rotatable bonds is 8. The molecule has 0 spiro atoms. The van der Waals surface area contributed by atoms with E-state index in [1.165, 1.54) is 24.5 Å². The maximum Gasteiger partial charge on any atom is 0.387 e. The fourth-order valence-corrected chi connectivity index (χ4v) is 4.03. The molecule has 0 aliphatic carbocycles. The number of carboxylic acid groups (broad SMARTS) is 1. The summed E-state index contributed by atoms with van der Waals surface area (Å²) in [6, 6.07) is 4.57. The van der Waals surface area contributed by atoms with Gasteiger partial charge in [-0.15, -0.1) is 0 Å². The number of aromatic amines is 1. The molecule has 0 bridgehead atoms. The van der Waals surface area contributed by atoms with E-state index in [0.717, 1.165) is 13.0 Å². The number of halogens is 2. The summed E-state index contributed by atoms with van der Waals surface area (Å²) in [5.41, 5.74) is 1.87. The molecule has 10 nitrogen and oxygen atoms in total. The first-order valence-electron chi connectivity index (χ1n) is 10.3. The second-order valence-electron chi connectivity index (χ2n) is 7.86. The third-order valence-electron chi connectivity index (χ3n) is 5.58. The predicted molar refractivity (Wildman–Crippen MR) is 113 cm³/mol. The van der Waals surface area contributed by atoms with Crippen LogP contribution in [0.25, 0.3) is 33.5 Å². The SMILES string of the molecule is O=C(O)c1c[nH]c2ncc(-c3nn(CCCN4CC(O)C4)c4ccc(OC(F)F)cc34)nc12. The second-order valence-corrected chi connectivity index (χ2v) is 7.86. The molecule has 3 aromatic heterocycles. The van der Waals surface area contributed by atoms with Crippen LogP contribution in [-0.2, 0) is 6.54 Å². The molecule has 0 atom stereocenters. The van der Waals surface area contributed by atoms with Crippen molar-refractivity contribution in [3.63, 3.8) is 0 Å². The van der Waals surface area contributed by atoms with Crippen molar-refractivity contribution in [2.75, 3.05) is 19.6 Å². The van der Waals surface area contributed by atoms with Gasteiger partial charge in [0.1, 0.15) is 28.2 Å². The topological polar surface area (TPSA) is 129 Å². The Morgan fingerprint density at radius 3 is 2.85 bits per heavy atom. The van der Waals surface area contributed by atoms with Gasteiger partial charge in [-0.3, -0.25) is 9.58 Å². The molecule has 172 valence electrons. The van der Waals surface area contributed by atoms with Crippen molar-refractivity contribution in [2.45, 2.75) is 25.7 Å². The van der Waals surface area contributed by atoms with Crippen LogP contribution in [0.4, 0.5) is 8.78 Å². The summed E-state index contributed by atoms with van der Waals surface area (Å²) in [4.78, 5) is 25.1. The Bertz CT molecular complexity index is 1330. The number of aliphatic hydroxyl groups excluding tert-OH is 1. The minimum absolute atomic E-state index is 0.0187. The molecule has 3 N–H and O–H groups in total. The third kappa shape index (κ3) is 4.10. The number of aliphatic hydroxyl groups is 1. The highest BCUT2D eigenvalue weighted by atomic mass is 19.3. The first kappa shape index (κ1) is 21.2. The van der Waals surface area contributed by atoms with E-state index in [-0.39, 0.29) is 22.9 Å². The van der Waals surface area contributed by atoms with Crippen molar-refractivity contribution in [3.8, 4) is 17.1 Å². The van der Waals surface area contributed by atoms with Gasteiger partial charge >= 0.3 is 12.6 Å². The summed E-state index contributed by atoms with van der Waals surface area (Å²) >= 11 is 0. The van der Waals surface area contributed by atoms with Crippen molar-refractivity contribution >= 4 is 28.0 Å². The van der Waals surface area contributed by atoms with E-state index in [4.69, 9.17) is 0 Å². The molecule has 0 radical (unpaired) electrons. The van der Waals surface area contributed by atoms with E-state index in [1.807, 2.05) is 0 Å². The number of nitrogens with zero attached hydrogens (tertiary/aromatic N) is 5. The van der Waals surface area contributed by atoms with Gasteiger partial charge in [0.25, 0.3) is 0 Å². The number of β-amino-alcohol motifs (C(OH)–C–C–N with tert-alkyl or cyclic N) is 1. The molecule has 0 unspecified atom stereocenters. The van der Waals surface area contributed by atoms with Crippen LogP contribution in [0.1, 0.15) is 16.8 Å². The first-order valence-corrected chi connectivity index (χ1v) is 10.3. The minimum Gasteiger partial charge on any atom is -0.478 e. The van der Waals surface area contributed by atoms with Gasteiger partial charge in [-0.1, -0.05) is 0 Å².